The molecule has 0 aliphatic carbocycles. The second-order valence-electron chi connectivity index (χ2n) is 4.27. The summed E-state index contributed by atoms with van der Waals surface area (Å²) < 4.78 is 15.3. The number of aromatic carboxylic acids is 1. The number of carbonyl (C=O) groups is 1. The number of halogens is 1. The molecule has 0 atom stereocenters. The minimum atomic E-state index is -1.14. The number of nitrogens with zero attached hydrogens (tertiary/aromatic N) is 5. The Bertz CT molecular complexity index is 825. The number of hydrogen-bond acceptors (Lipinski definition) is 6. The fourth-order valence-corrected chi connectivity index (χ4v) is 1.83. The molecule has 3 heterocycles. The molecule has 108 valence electrons. The average Bonchev–Trinajstić information content (AvgIpc) is 3.08. The van der Waals surface area contributed by atoms with E-state index in [1.807, 2.05) is 0 Å². The van der Waals surface area contributed by atoms with Crippen molar-refractivity contribution in [1.82, 2.24) is 29.8 Å². The Balaban J connectivity index is 1.89. The van der Waals surface area contributed by atoms with E-state index in [0.717, 1.165) is 0 Å². The zero-order valence-electron chi connectivity index (χ0n) is 10.8. The Morgan fingerprint density at radius 2 is 2.38 bits per heavy atom. The highest BCUT2D eigenvalue weighted by molar-refractivity contribution is 5.85. The molecule has 0 unspecified atom stereocenters. The molecule has 3 N–H and O–H groups in total. The lowest BCUT2D eigenvalue weighted by molar-refractivity contribution is 0.0690. The van der Waals surface area contributed by atoms with Gasteiger partial charge < -0.3 is 10.4 Å². The molecule has 0 amide bonds. The summed E-state index contributed by atoms with van der Waals surface area (Å²) in [6, 6.07) is 1.36. The lowest BCUT2D eigenvalue weighted by Crippen LogP contribution is -2.10. The third-order valence-corrected chi connectivity index (χ3v) is 2.83. The summed E-state index contributed by atoms with van der Waals surface area (Å²) in [6.07, 6.45) is 1.27. The second kappa shape index (κ2) is 4.81. The van der Waals surface area contributed by atoms with Crippen LogP contribution in [0.4, 0.5) is 10.2 Å². The predicted octanol–water partition coefficient (Wildman–Crippen LogP) is 0.605. The van der Waals surface area contributed by atoms with E-state index in [9.17, 15) is 9.18 Å². The van der Waals surface area contributed by atoms with E-state index < -0.39 is 11.8 Å². The lowest BCUT2D eigenvalue weighted by Gasteiger charge is -2.09. The van der Waals surface area contributed by atoms with Crippen LogP contribution < -0.4 is 5.32 Å². The maximum atomic E-state index is 14.1. The van der Waals surface area contributed by atoms with Crippen molar-refractivity contribution >= 4 is 17.6 Å². The first-order valence-electron chi connectivity index (χ1n) is 5.93. The van der Waals surface area contributed by atoms with Crippen molar-refractivity contribution in [3.05, 3.63) is 35.3 Å². The van der Waals surface area contributed by atoms with E-state index in [-0.39, 0.29) is 29.5 Å². The Kier molecular flexibility index (Phi) is 2.97. The standard InChI is InChI=1S/C11H10FN7O2/c1-5-8(12)9(19-11(16-5)14-4-15-19)13-3-6-2-7(10(20)21)18-17-6/h2,4,13H,3H2,1H3,(H,17,18)(H,20,21). The topological polar surface area (TPSA) is 121 Å². The summed E-state index contributed by atoms with van der Waals surface area (Å²) in [5.41, 5.74) is 0.576. The molecule has 0 aliphatic rings. The zero-order valence-corrected chi connectivity index (χ0v) is 10.8. The molecule has 3 rings (SSSR count). The summed E-state index contributed by atoms with van der Waals surface area (Å²) in [7, 11) is 0. The van der Waals surface area contributed by atoms with E-state index in [2.05, 4.69) is 30.6 Å². The van der Waals surface area contributed by atoms with Gasteiger partial charge in [-0.2, -0.15) is 19.7 Å². The molecule has 0 bridgehead atoms. The molecule has 0 aromatic carbocycles. The average molecular weight is 291 g/mol. The van der Waals surface area contributed by atoms with Crippen LogP contribution >= 0.6 is 0 Å². The third-order valence-electron chi connectivity index (χ3n) is 2.83. The van der Waals surface area contributed by atoms with Crippen LogP contribution in [0.2, 0.25) is 0 Å². The van der Waals surface area contributed by atoms with Gasteiger partial charge in [-0.05, 0) is 13.0 Å². The van der Waals surface area contributed by atoms with Crippen LogP contribution in [0.1, 0.15) is 21.9 Å². The SMILES string of the molecule is Cc1nc2ncnn2c(NCc2cc(C(=O)O)n[nH]2)c1F. The highest BCUT2D eigenvalue weighted by Crippen LogP contribution is 2.17. The number of rotatable bonds is 4. The maximum Gasteiger partial charge on any atom is 0.356 e. The highest BCUT2D eigenvalue weighted by Gasteiger charge is 2.15. The number of carboxylic acid groups (broad SMARTS) is 1. The van der Waals surface area contributed by atoms with Gasteiger partial charge in [0.15, 0.2) is 17.3 Å². The van der Waals surface area contributed by atoms with Crippen molar-refractivity contribution in [3.63, 3.8) is 0 Å². The zero-order chi connectivity index (χ0) is 15.0. The summed E-state index contributed by atoms with van der Waals surface area (Å²) in [6.45, 7) is 1.67. The number of aromatic amines is 1. The number of fused-ring (bicyclic) bond motifs is 1. The molecule has 0 fully saturated rings. The quantitative estimate of drug-likeness (QED) is 0.643. The van der Waals surface area contributed by atoms with Crippen molar-refractivity contribution in [2.24, 2.45) is 0 Å². The van der Waals surface area contributed by atoms with Gasteiger partial charge in [0, 0.05) is 0 Å². The van der Waals surface area contributed by atoms with Gasteiger partial charge in [-0.3, -0.25) is 5.10 Å². The first-order valence-corrected chi connectivity index (χ1v) is 5.93. The summed E-state index contributed by atoms with van der Waals surface area (Å²) in [4.78, 5) is 18.6. The van der Waals surface area contributed by atoms with E-state index in [4.69, 9.17) is 5.11 Å². The molecule has 0 saturated carbocycles. The van der Waals surface area contributed by atoms with E-state index in [0.29, 0.717) is 5.69 Å². The second-order valence-corrected chi connectivity index (χ2v) is 4.27. The smallest absolute Gasteiger partial charge is 0.356 e. The molecule has 3 aromatic rings. The highest BCUT2D eigenvalue weighted by atomic mass is 19.1. The normalized spacial score (nSPS) is 11.0. The number of nitrogens with one attached hydrogen (secondary N) is 2. The number of aryl methyl sites for hydroxylation is 1. The van der Waals surface area contributed by atoms with Gasteiger partial charge in [0.2, 0.25) is 0 Å². The first-order chi connectivity index (χ1) is 10.1. The van der Waals surface area contributed by atoms with Gasteiger partial charge in [-0.15, -0.1) is 0 Å². The van der Waals surface area contributed by atoms with E-state index >= 15 is 0 Å². The fourth-order valence-electron chi connectivity index (χ4n) is 1.83. The van der Waals surface area contributed by atoms with Crippen LogP contribution in [-0.2, 0) is 6.54 Å². The van der Waals surface area contributed by atoms with Crippen LogP contribution in [0.5, 0.6) is 0 Å². The van der Waals surface area contributed by atoms with Crippen LogP contribution in [0, 0.1) is 12.7 Å². The van der Waals surface area contributed by atoms with Crippen LogP contribution in [-0.4, -0.2) is 40.9 Å². The largest absolute Gasteiger partial charge is 0.476 e. The molecule has 0 spiro atoms. The Hall–Kier alpha value is -3.04. The molecule has 10 heteroatoms. The Morgan fingerprint density at radius 1 is 1.57 bits per heavy atom. The van der Waals surface area contributed by atoms with Gasteiger partial charge in [0.25, 0.3) is 5.78 Å². The van der Waals surface area contributed by atoms with Crippen LogP contribution in [0.3, 0.4) is 0 Å². The van der Waals surface area contributed by atoms with Gasteiger partial charge in [0.1, 0.15) is 6.33 Å². The summed E-state index contributed by atoms with van der Waals surface area (Å²) in [5.74, 6) is -1.32. The first kappa shape index (κ1) is 13.0. The summed E-state index contributed by atoms with van der Waals surface area (Å²) in [5, 5.41) is 21.7. The van der Waals surface area contributed by atoms with Gasteiger partial charge in [-0.25, -0.2) is 14.2 Å². The molecule has 3 aromatic heterocycles. The predicted molar refractivity (Wildman–Crippen MR) is 68.4 cm³/mol. The van der Waals surface area contributed by atoms with Crippen LogP contribution in [0.25, 0.3) is 5.78 Å². The van der Waals surface area contributed by atoms with Crippen molar-refractivity contribution in [2.75, 3.05) is 5.32 Å². The van der Waals surface area contributed by atoms with Crippen molar-refractivity contribution in [2.45, 2.75) is 13.5 Å². The molecular weight excluding hydrogens is 281 g/mol. The molecule has 9 nitrogen and oxygen atoms in total. The number of hydrogen-bond donors (Lipinski definition) is 3. The van der Waals surface area contributed by atoms with Crippen molar-refractivity contribution < 1.29 is 14.3 Å². The third kappa shape index (κ3) is 2.26. The Morgan fingerprint density at radius 3 is 3.10 bits per heavy atom. The minimum absolute atomic E-state index is 0.0986. The van der Waals surface area contributed by atoms with E-state index in [1.165, 1.54) is 23.8 Å². The fraction of sp³-hybridized carbons (Fsp3) is 0.182. The van der Waals surface area contributed by atoms with Crippen LogP contribution in [0.15, 0.2) is 12.4 Å². The Labute approximate surface area is 116 Å². The minimum Gasteiger partial charge on any atom is -0.476 e. The van der Waals surface area contributed by atoms with Crippen molar-refractivity contribution in [1.29, 1.82) is 0 Å². The number of aromatic nitrogens is 6. The summed E-state index contributed by atoms with van der Waals surface area (Å²) >= 11 is 0. The molecule has 0 radical (unpaired) electrons. The van der Waals surface area contributed by atoms with Gasteiger partial charge in [0.05, 0.1) is 17.9 Å². The lowest BCUT2D eigenvalue weighted by atomic mass is 10.3. The molecule has 21 heavy (non-hydrogen) atoms. The maximum absolute atomic E-state index is 14.1. The number of H-pyrrole nitrogens is 1. The molecule has 0 saturated heterocycles. The monoisotopic (exact) mass is 291 g/mol. The number of anilines is 1. The molecular formula is C11H10FN7O2. The van der Waals surface area contributed by atoms with Gasteiger partial charge in [-0.1, -0.05) is 0 Å². The van der Waals surface area contributed by atoms with Crippen molar-refractivity contribution in [3.8, 4) is 0 Å². The van der Waals surface area contributed by atoms with Gasteiger partial charge >= 0.3 is 5.97 Å². The molecule has 0 aliphatic heterocycles. The van der Waals surface area contributed by atoms with E-state index in [1.54, 1.807) is 0 Å². The number of carboxylic acids is 1.